The fraction of sp³-hybridized carbons (Fsp3) is 0.538. The Balaban J connectivity index is 2.30. The van der Waals surface area contributed by atoms with Crippen molar-refractivity contribution in [3.8, 4) is 0 Å². The molecule has 1 rings (SSSR count). The van der Waals surface area contributed by atoms with Gasteiger partial charge in [-0.2, -0.15) is 0 Å². The molecule has 106 valence electrons. The van der Waals surface area contributed by atoms with Gasteiger partial charge < -0.3 is 14.5 Å². The maximum Gasteiger partial charge on any atom is 0.320 e. The van der Waals surface area contributed by atoms with E-state index in [1.807, 2.05) is 6.92 Å². The molecule has 0 unspecified atom stereocenters. The third-order valence-electron chi connectivity index (χ3n) is 2.51. The third kappa shape index (κ3) is 6.05. The van der Waals surface area contributed by atoms with Gasteiger partial charge in [0.05, 0.1) is 32.5 Å². The Morgan fingerprint density at radius 1 is 1.37 bits per heavy atom. The summed E-state index contributed by atoms with van der Waals surface area (Å²) in [5.41, 5.74) is 0. The lowest BCUT2D eigenvalue weighted by atomic mass is 10.4. The number of nitrogens with zero attached hydrogens (tertiary/aromatic N) is 1. The van der Waals surface area contributed by atoms with E-state index in [0.29, 0.717) is 25.5 Å². The summed E-state index contributed by atoms with van der Waals surface area (Å²) in [4.78, 5) is 24.7. The smallest absolute Gasteiger partial charge is 0.320 e. The second-order valence-electron chi connectivity index (χ2n) is 3.96. The van der Waals surface area contributed by atoms with Gasteiger partial charge in [-0.1, -0.05) is 6.92 Å². The average molecular weight is 268 g/mol. The van der Waals surface area contributed by atoms with Gasteiger partial charge in [-0.05, 0) is 25.6 Å². The van der Waals surface area contributed by atoms with Crippen LogP contribution < -0.4 is 5.32 Å². The highest BCUT2D eigenvalue weighted by molar-refractivity contribution is 5.79. The van der Waals surface area contributed by atoms with Gasteiger partial charge in [-0.25, -0.2) is 0 Å². The maximum absolute atomic E-state index is 11.7. The van der Waals surface area contributed by atoms with E-state index in [4.69, 9.17) is 9.15 Å². The van der Waals surface area contributed by atoms with E-state index in [-0.39, 0.29) is 25.0 Å². The number of carbonyl (C=O) groups is 2. The standard InChI is InChI=1S/C13H20N2O4/c1-3-15(10-13(17)18-4-2)9-12(16)14-8-11-6-5-7-19-11/h5-7H,3-4,8-10H2,1-2H3,(H,14,16). The van der Waals surface area contributed by atoms with Crippen LogP contribution in [0.25, 0.3) is 0 Å². The van der Waals surface area contributed by atoms with Crippen molar-refractivity contribution < 1.29 is 18.7 Å². The van der Waals surface area contributed by atoms with Gasteiger partial charge >= 0.3 is 5.97 Å². The van der Waals surface area contributed by atoms with E-state index in [2.05, 4.69) is 5.32 Å². The van der Waals surface area contributed by atoms with Crippen LogP contribution in [0.5, 0.6) is 0 Å². The third-order valence-corrected chi connectivity index (χ3v) is 2.51. The first-order chi connectivity index (χ1) is 9.15. The molecule has 1 heterocycles. The summed E-state index contributed by atoms with van der Waals surface area (Å²) < 4.78 is 9.96. The van der Waals surface area contributed by atoms with E-state index >= 15 is 0 Å². The number of hydrogen-bond donors (Lipinski definition) is 1. The molecule has 0 fully saturated rings. The second-order valence-corrected chi connectivity index (χ2v) is 3.96. The lowest BCUT2D eigenvalue weighted by Crippen LogP contribution is -2.39. The summed E-state index contributed by atoms with van der Waals surface area (Å²) in [5, 5.41) is 2.73. The van der Waals surface area contributed by atoms with Crippen LogP contribution in [-0.4, -0.2) is 43.0 Å². The first kappa shape index (κ1) is 15.2. The van der Waals surface area contributed by atoms with Gasteiger partial charge in [-0.3, -0.25) is 14.5 Å². The molecule has 0 saturated heterocycles. The summed E-state index contributed by atoms with van der Waals surface area (Å²) in [5.74, 6) is 0.229. The number of furan rings is 1. The Labute approximate surface area is 112 Å². The molecule has 0 saturated carbocycles. The number of nitrogens with one attached hydrogen (secondary N) is 1. The minimum absolute atomic E-state index is 0.124. The van der Waals surface area contributed by atoms with Gasteiger partial charge in [0, 0.05) is 0 Å². The van der Waals surface area contributed by atoms with Crippen LogP contribution in [0.1, 0.15) is 19.6 Å². The Morgan fingerprint density at radius 2 is 2.16 bits per heavy atom. The summed E-state index contributed by atoms with van der Waals surface area (Å²) >= 11 is 0. The van der Waals surface area contributed by atoms with Crippen molar-refractivity contribution in [1.82, 2.24) is 10.2 Å². The van der Waals surface area contributed by atoms with Crippen LogP contribution in [-0.2, 0) is 20.9 Å². The van der Waals surface area contributed by atoms with Crippen LogP contribution in [0.3, 0.4) is 0 Å². The van der Waals surface area contributed by atoms with E-state index in [1.54, 1.807) is 30.2 Å². The topological polar surface area (TPSA) is 71.8 Å². The monoisotopic (exact) mass is 268 g/mol. The average Bonchev–Trinajstić information content (AvgIpc) is 2.89. The lowest BCUT2D eigenvalue weighted by Gasteiger charge is -2.18. The van der Waals surface area contributed by atoms with Crippen molar-refractivity contribution >= 4 is 11.9 Å². The zero-order valence-electron chi connectivity index (χ0n) is 11.3. The van der Waals surface area contributed by atoms with Crippen molar-refractivity contribution in [2.75, 3.05) is 26.2 Å². The maximum atomic E-state index is 11.7. The number of hydrogen-bond acceptors (Lipinski definition) is 5. The molecule has 1 aromatic rings. The van der Waals surface area contributed by atoms with E-state index in [9.17, 15) is 9.59 Å². The highest BCUT2D eigenvalue weighted by atomic mass is 16.5. The number of likely N-dealkylation sites (N-methyl/N-ethyl adjacent to an activating group) is 1. The molecule has 1 amide bonds. The number of ether oxygens (including phenoxy) is 1. The van der Waals surface area contributed by atoms with Crippen LogP contribution in [0.4, 0.5) is 0 Å². The minimum Gasteiger partial charge on any atom is -0.467 e. The predicted molar refractivity (Wildman–Crippen MR) is 69.3 cm³/mol. The normalized spacial score (nSPS) is 10.5. The summed E-state index contributed by atoms with van der Waals surface area (Å²) in [6.45, 7) is 5.23. The van der Waals surface area contributed by atoms with Crippen LogP contribution in [0, 0.1) is 0 Å². The zero-order valence-corrected chi connectivity index (χ0v) is 11.3. The Hall–Kier alpha value is -1.82. The molecule has 0 aliphatic heterocycles. The Morgan fingerprint density at radius 3 is 2.74 bits per heavy atom. The van der Waals surface area contributed by atoms with E-state index < -0.39 is 0 Å². The predicted octanol–water partition coefficient (Wildman–Crippen LogP) is 0.781. The molecule has 6 nitrogen and oxygen atoms in total. The molecule has 0 aromatic carbocycles. The van der Waals surface area contributed by atoms with Crippen LogP contribution in [0.15, 0.2) is 22.8 Å². The van der Waals surface area contributed by atoms with E-state index in [0.717, 1.165) is 0 Å². The van der Waals surface area contributed by atoms with Crippen LogP contribution >= 0.6 is 0 Å². The molecule has 6 heteroatoms. The molecule has 0 atom stereocenters. The SMILES string of the molecule is CCOC(=O)CN(CC)CC(=O)NCc1ccco1. The summed E-state index contributed by atoms with van der Waals surface area (Å²) in [6.07, 6.45) is 1.56. The molecule has 0 aliphatic rings. The van der Waals surface area contributed by atoms with Gasteiger partial charge in [-0.15, -0.1) is 0 Å². The van der Waals surface area contributed by atoms with Crippen LogP contribution in [0.2, 0.25) is 0 Å². The molecule has 19 heavy (non-hydrogen) atoms. The first-order valence-corrected chi connectivity index (χ1v) is 6.32. The zero-order chi connectivity index (χ0) is 14.1. The highest BCUT2D eigenvalue weighted by Crippen LogP contribution is 1.98. The molecule has 0 bridgehead atoms. The quantitative estimate of drug-likeness (QED) is 0.705. The molecular formula is C13H20N2O4. The Bertz CT molecular complexity index is 389. The largest absolute Gasteiger partial charge is 0.467 e. The molecule has 0 aliphatic carbocycles. The molecule has 0 spiro atoms. The fourth-order valence-electron chi connectivity index (χ4n) is 1.53. The fourth-order valence-corrected chi connectivity index (χ4v) is 1.53. The number of rotatable bonds is 8. The molecule has 0 radical (unpaired) electrons. The van der Waals surface area contributed by atoms with Gasteiger partial charge in [0.1, 0.15) is 5.76 Å². The summed E-state index contributed by atoms with van der Waals surface area (Å²) in [6, 6.07) is 3.55. The Kier molecular flexibility index (Phi) is 6.67. The second kappa shape index (κ2) is 8.31. The van der Waals surface area contributed by atoms with Gasteiger partial charge in [0.15, 0.2) is 0 Å². The van der Waals surface area contributed by atoms with Crippen molar-refractivity contribution in [3.05, 3.63) is 24.2 Å². The molecule has 1 aromatic heterocycles. The molecular weight excluding hydrogens is 248 g/mol. The highest BCUT2D eigenvalue weighted by Gasteiger charge is 2.13. The lowest BCUT2D eigenvalue weighted by molar-refractivity contribution is -0.144. The summed E-state index contributed by atoms with van der Waals surface area (Å²) in [7, 11) is 0. The number of esters is 1. The van der Waals surface area contributed by atoms with Crippen molar-refractivity contribution in [2.45, 2.75) is 20.4 Å². The van der Waals surface area contributed by atoms with Crippen molar-refractivity contribution in [3.63, 3.8) is 0 Å². The van der Waals surface area contributed by atoms with E-state index in [1.165, 1.54) is 0 Å². The van der Waals surface area contributed by atoms with Crippen molar-refractivity contribution in [2.24, 2.45) is 0 Å². The first-order valence-electron chi connectivity index (χ1n) is 6.32. The molecule has 1 N–H and O–H groups in total. The minimum atomic E-state index is -0.316. The van der Waals surface area contributed by atoms with Gasteiger partial charge in [0.2, 0.25) is 5.91 Å². The van der Waals surface area contributed by atoms with Gasteiger partial charge in [0.25, 0.3) is 0 Å². The number of amides is 1. The van der Waals surface area contributed by atoms with Crippen molar-refractivity contribution in [1.29, 1.82) is 0 Å². The number of carbonyl (C=O) groups excluding carboxylic acids is 2.